The van der Waals surface area contributed by atoms with Gasteiger partial charge in [-0.3, -0.25) is 4.79 Å². The van der Waals surface area contributed by atoms with Crippen molar-refractivity contribution < 1.29 is 26.2 Å². The van der Waals surface area contributed by atoms with Crippen LogP contribution in [0.3, 0.4) is 0 Å². The zero-order valence-electron chi connectivity index (χ0n) is 7.71. The van der Waals surface area contributed by atoms with Crippen molar-refractivity contribution in [2.75, 3.05) is 6.54 Å². The molecule has 76 valence electrons. The Morgan fingerprint density at radius 3 is 2.38 bits per heavy atom. The molecule has 7 N–H and O–H groups in total. The molecule has 0 aliphatic carbocycles. The highest BCUT2D eigenvalue weighted by Gasteiger charge is 2.11. The summed E-state index contributed by atoms with van der Waals surface area (Å²) in [6, 6.07) is -1.10. The lowest BCUT2D eigenvalue weighted by molar-refractivity contribution is -0.438. The van der Waals surface area contributed by atoms with Crippen LogP contribution in [-0.2, 0) is 9.59 Å². The van der Waals surface area contributed by atoms with Gasteiger partial charge in [0.25, 0.3) is 5.91 Å². The second kappa shape index (κ2) is 5.50. The molecule has 6 heteroatoms. The Balaban J connectivity index is 3.56. The molecule has 0 rings (SSSR count). The molecule has 0 radical (unpaired) electrons. The van der Waals surface area contributed by atoms with E-state index in [0.29, 0.717) is 6.54 Å². The summed E-state index contributed by atoms with van der Waals surface area (Å²) >= 11 is 0. The third-order valence-electron chi connectivity index (χ3n) is 1.57. The van der Waals surface area contributed by atoms with E-state index in [2.05, 4.69) is 16.8 Å². The normalized spacial score (nSPS) is 14.7. The first kappa shape index (κ1) is 11.9. The molecule has 0 saturated carbocycles. The lowest BCUT2D eigenvalue weighted by Gasteiger charge is -2.10. The van der Waals surface area contributed by atoms with E-state index in [-0.39, 0.29) is 18.4 Å². The Bertz CT molecular complexity index is 193. The summed E-state index contributed by atoms with van der Waals surface area (Å²) in [5.41, 5.74) is 6.87. The number of nitrogens with one attached hydrogen (secondary N) is 1. The smallest absolute Gasteiger partial charge is 0.277 e. The van der Waals surface area contributed by atoms with Gasteiger partial charge in [0.15, 0.2) is 6.04 Å². The molecule has 0 saturated heterocycles. The number of rotatable bonds is 5. The minimum Gasteiger partial charge on any atom is -0.544 e. The number of amides is 1. The predicted octanol–water partition coefficient (Wildman–Crippen LogP) is -4.52. The highest BCUT2D eigenvalue weighted by molar-refractivity contribution is 5.79. The number of quaternary nitrogens is 2. The van der Waals surface area contributed by atoms with Gasteiger partial charge < -0.3 is 26.7 Å². The van der Waals surface area contributed by atoms with Crippen molar-refractivity contribution in [3.8, 4) is 0 Å². The number of carbonyl (C=O) groups excluding carboxylic acids is 2. The minimum atomic E-state index is -1.20. The van der Waals surface area contributed by atoms with Crippen LogP contribution in [0.4, 0.5) is 0 Å². The molecule has 0 spiro atoms. The van der Waals surface area contributed by atoms with Crippen LogP contribution in [0.1, 0.15) is 13.3 Å². The van der Waals surface area contributed by atoms with Gasteiger partial charge in [0.2, 0.25) is 0 Å². The Hall–Kier alpha value is -1.14. The molecule has 0 bridgehead atoms. The Labute approximate surface area is 76.3 Å². The van der Waals surface area contributed by atoms with Crippen LogP contribution in [-0.4, -0.2) is 30.5 Å². The van der Waals surface area contributed by atoms with E-state index >= 15 is 0 Å². The van der Waals surface area contributed by atoms with E-state index in [0.717, 1.165) is 0 Å². The number of aliphatic carboxylic acids is 1. The van der Waals surface area contributed by atoms with Gasteiger partial charge >= 0.3 is 0 Å². The van der Waals surface area contributed by atoms with Crippen molar-refractivity contribution in [3.63, 3.8) is 0 Å². The van der Waals surface area contributed by atoms with Crippen molar-refractivity contribution in [1.29, 1.82) is 0 Å². The summed E-state index contributed by atoms with van der Waals surface area (Å²) in [5.74, 6) is -1.39. The number of carbonyl (C=O) groups is 2. The van der Waals surface area contributed by atoms with Crippen LogP contribution in [0.25, 0.3) is 0 Å². The Kier molecular flexibility index (Phi) is 5.01. The van der Waals surface area contributed by atoms with Gasteiger partial charge in [-0.25, -0.2) is 0 Å². The summed E-state index contributed by atoms with van der Waals surface area (Å²) in [7, 11) is 0. The Morgan fingerprint density at radius 2 is 2.00 bits per heavy atom. The molecule has 0 aromatic rings. The van der Waals surface area contributed by atoms with Crippen LogP contribution in [0, 0.1) is 0 Å². The molecule has 0 aliphatic rings. The average Bonchev–Trinajstić information content (AvgIpc) is 2.03. The highest BCUT2D eigenvalue weighted by atomic mass is 16.4. The highest BCUT2D eigenvalue weighted by Crippen LogP contribution is 1.82. The first-order valence-corrected chi connectivity index (χ1v) is 4.10. The fourth-order valence-electron chi connectivity index (χ4n) is 0.662. The van der Waals surface area contributed by atoms with Crippen molar-refractivity contribution in [3.05, 3.63) is 0 Å². The second-order valence-electron chi connectivity index (χ2n) is 3.00. The molecule has 0 unspecified atom stereocenters. The van der Waals surface area contributed by atoms with Crippen LogP contribution >= 0.6 is 0 Å². The molecule has 0 heterocycles. The number of carboxylic acids is 1. The van der Waals surface area contributed by atoms with Crippen LogP contribution in [0.2, 0.25) is 0 Å². The van der Waals surface area contributed by atoms with Crippen LogP contribution in [0.15, 0.2) is 0 Å². The lowest BCUT2D eigenvalue weighted by Crippen LogP contribution is -2.69. The second-order valence-corrected chi connectivity index (χ2v) is 3.00. The molecule has 13 heavy (non-hydrogen) atoms. The lowest BCUT2D eigenvalue weighted by atomic mass is 10.2. The Morgan fingerprint density at radius 1 is 1.46 bits per heavy atom. The SMILES string of the molecule is C[C@H]([NH3+])C(=O)NCC[C@H]([NH3+])C(=O)[O-]. The zero-order chi connectivity index (χ0) is 10.4. The van der Waals surface area contributed by atoms with Gasteiger partial charge in [0.1, 0.15) is 6.04 Å². The van der Waals surface area contributed by atoms with Crippen molar-refractivity contribution >= 4 is 11.9 Å². The molecule has 2 atom stereocenters. The molecule has 6 nitrogen and oxygen atoms in total. The van der Waals surface area contributed by atoms with Gasteiger partial charge in [-0.1, -0.05) is 0 Å². The monoisotopic (exact) mass is 190 g/mol. The quantitative estimate of drug-likeness (QED) is 0.404. The third kappa shape index (κ3) is 5.15. The summed E-state index contributed by atoms with van der Waals surface area (Å²) in [4.78, 5) is 21.1. The summed E-state index contributed by atoms with van der Waals surface area (Å²) in [6.07, 6.45) is 0.279. The van der Waals surface area contributed by atoms with E-state index in [1.807, 2.05) is 0 Å². The maximum atomic E-state index is 10.9. The summed E-state index contributed by atoms with van der Waals surface area (Å²) in [6.45, 7) is 1.95. The largest absolute Gasteiger partial charge is 0.544 e. The fourth-order valence-corrected chi connectivity index (χ4v) is 0.662. The van der Waals surface area contributed by atoms with Gasteiger partial charge in [0, 0.05) is 13.0 Å². The van der Waals surface area contributed by atoms with Gasteiger partial charge in [-0.05, 0) is 6.92 Å². The fraction of sp³-hybridized carbons (Fsp3) is 0.714. The van der Waals surface area contributed by atoms with Gasteiger partial charge in [0.05, 0.1) is 5.97 Å². The molecule has 1 amide bonds. The summed E-state index contributed by atoms with van der Waals surface area (Å²) in [5, 5.41) is 12.7. The average molecular weight is 190 g/mol. The minimum absolute atomic E-state index is 0.189. The molecule has 0 aromatic carbocycles. The predicted molar refractivity (Wildman–Crippen MR) is 41.7 cm³/mol. The molecule has 0 fully saturated rings. The third-order valence-corrected chi connectivity index (χ3v) is 1.57. The molecule has 0 aliphatic heterocycles. The van der Waals surface area contributed by atoms with E-state index in [1.165, 1.54) is 0 Å². The van der Waals surface area contributed by atoms with E-state index in [9.17, 15) is 14.7 Å². The van der Waals surface area contributed by atoms with Gasteiger partial charge in [-0.15, -0.1) is 0 Å². The molecular weight excluding hydrogens is 174 g/mol. The van der Waals surface area contributed by atoms with E-state index in [4.69, 9.17) is 0 Å². The standard InChI is InChI=1S/C7H15N3O3/c1-4(8)6(11)10-3-2-5(9)7(12)13/h4-5H,2-3,8-9H2,1H3,(H,10,11)(H,12,13)/p+1/t4-,5-/m0/s1. The first-order valence-electron chi connectivity index (χ1n) is 4.10. The number of carboxylic acid groups (broad SMARTS) is 1. The van der Waals surface area contributed by atoms with Gasteiger partial charge in [-0.2, -0.15) is 0 Å². The summed E-state index contributed by atoms with van der Waals surface area (Å²) < 4.78 is 0. The maximum absolute atomic E-state index is 10.9. The molecular formula is C7H16N3O3+. The first-order chi connectivity index (χ1) is 5.95. The van der Waals surface area contributed by atoms with E-state index < -0.39 is 12.0 Å². The molecule has 0 aromatic heterocycles. The van der Waals surface area contributed by atoms with Crippen molar-refractivity contribution in [2.45, 2.75) is 25.4 Å². The number of hydrogen-bond donors (Lipinski definition) is 3. The van der Waals surface area contributed by atoms with Crippen LogP contribution < -0.4 is 21.9 Å². The zero-order valence-corrected chi connectivity index (χ0v) is 7.71. The maximum Gasteiger partial charge on any atom is 0.277 e. The van der Waals surface area contributed by atoms with E-state index in [1.54, 1.807) is 6.92 Å². The number of hydrogen-bond acceptors (Lipinski definition) is 3. The van der Waals surface area contributed by atoms with Crippen molar-refractivity contribution in [1.82, 2.24) is 5.32 Å². The van der Waals surface area contributed by atoms with Crippen molar-refractivity contribution in [2.24, 2.45) is 0 Å². The van der Waals surface area contributed by atoms with Crippen LogP contribution in [0.5, 0.6) is 0 Å². The topological polar surface area (TPSA) is 125 Å².